The minimum absolute atomic E-state index is 0.223. The van der Waals surface area contributed by atoms with Crippen LogP contribution in [0.4, 0.5) is 5.82 Å². The van der Waals surface area contributed by atoms with Crippen LogP contribution >= 0.6 is 0 Å². The van der Waals surface area contributed by atoms with E-state index >= 15 is 0 Å². The highest BCUT2D eigenvalue weighted by Crippen LogP contribution is 2.20. The molecule has 7 nitrogen and oxygen atoms in total. The molecule has 0 aromatic carbocycles. The lowest BCUT2D eigenvalue weighted by Gasteiger charge is -2.34. The molecule has 2 N–H and O–H groups in total. The zero-order chi connectivity index (χ0) is 21.5. The number of carbonyl (C=O) groups is 1. The molecule has 0 aliphatic carbocycles. The third-order valence-electron chi connectivity index (χ3n) is 5.40. The number of rotatable bonds is 7. The maximum atomic E-state index is 11.6. The number of pyridine rings is 1. The first-order valence-corrected chi connectivity index (χ1v) is 10.2. The highest BCUT2D eigenvalue weighted by molar-refractivity contribution is 5.90. The molecule has 158 valence electrons. The van der Waals surface area contributed by atoms with Gasteiger partial charge in [0.05, 0.1) is 18.3 Å². The number of ether oxygens (including phenoxy) is 1. The van der Waals surface area contributed by atoms with E-state index in [0.29, 0.717) is 36.3 Å². The van der Waals surface area contributed by atoms with Gasteiger partial charge in [0, 0.05) is 43.9 Å². The van der Waals surface area contributed by atoms with E-state index in [2.05, 4.69) is 27.8 Å². The Kier molecular flexibility index (Phi) is 7.39. The predicted octanol–water partition coefficient (Wildman–Crippen LogP) is 2.25. The van der Waals surface area contributed by atoms with Gasteiger partial charge in [-0.2, -0.15) is 5.26 Å². The molecule has 30 heavy (non-hydrogen) atoms. The first-order valence-electron chi connectivity index (χ1n) is 10.2. The van der Waals surface area contributed by atoms with Crippen LogP contribution in [0.3, 0.4) is 0 Å². The maximum absolute atomic E-state index is 11.6. The normalized spacial score (nSPS) is 22.0. The Labute approximate surface area is 177 Å². The standard InChI is InChI=1S/C23H28N4O3/c1-16(2)20(7-6-18-9-11-30-23(18)29)21(28)14-25-19-4-3-10-27(15-19)22-8-5-17(12-24)13-26-22/h5-8,13,19,21,25,28H,1,3-4,9-11,14-15H2,2H3/b18-6+,20-7+/t19?,21-/m0/s1. The van der Waals surface area contributed by atoms with Crippen LogP contribution in [-0.4, -0.2) is 54.4 Å². The van der Waals surface area contributed by atoms with Crippen molar-refractivity contribution in [1.82, 2.24) is 10.3 Å². The molecule has 0 spiro atoms. The number of hydrogen-bond acceptors (Lipinski definition) is 7. The smallest absolute Gasteiger partial charge is 0.334 e. The Morgan fingerprint density at radius 1 is 1.57 bits per heavy atom. The highest BCUT2D eigenvalue weighted by Gasteiger charge is 2.22. The number of nitriles is 1. The van der Waals surface area contributed by atoms with Crippen LogP contribution in [0.5, 0.6) is 0 Å². The van der Waals surface area contributed by atoms with Gasteiger partial charge in [-0.15, -0.1) is 0 Å². The second-order valence-electron chi connectivity index (χ2n) is 7.71. The van der Waals surface area contributed by atoms with Crippen molar-refractivity contribution >= 4 is 11.8 Å². The van der Waals surface area contributed by atoms with Crippen LogP contribution in [0.15, 0.2) is 53.8 Å². The summed E-state index contributed by atoms with van der Waals surface area (Å²) in [6.45, 7) is 8.32. The van der Waals surface area contributed by atoms with Gasteiger partial charge in [0.1, 0.15) is 11.9 Å². The number of nitrogens with one attached hydrogen (secondary N) is 1. The first-order chi connectivity index (χ1) is 14.5. The van der Waals surface area contributed by atoms with E-state index in [1.165, 1.54) is 0 Å². The first kappa shape index (κ1) is 21.8. The van der Waals surface area contributed by atoms with Crippen LogP contribution in [0.1, 0.15) is 31.7 Å². The van der Waals surface area contributed by atoms with Crippen molar-refractivity contribution in [1.29, 1.82) is 5.26 Å². The number of esters is 1. The lowest BCUT2D eigenvalue weighted by molar-refractivity contribution is -0.135. The minimum atomic E-state index is -0.722. The lowest BCUT2D eigenvalue weighted by atomic mass is 10.00. The third-order valence-corrected chi connectivity index (χ3v) is 5.40. The fourth-order valence-electron chi connectivity index (χ4n) is 3.71. The molecular formula is C23H28N4O3. The van der Waals surface area contributed by atoms with Crippen molar-refractivity contribution in [3.63, 3.8) is 0 Å². The van der Waals surface area contributed by atoms with E-state index in [9.17, 15) is 9.90 Å². The van der Waals surface area contributed by atoms with E-state index in [4.69, 9.17) is 10.00 Å². The van der Waals surface area contributed by atoms with Crippen LogP contribution in [0.2, 0.25) is 0 Å². The van der Waals surface area contributed by atoms with Gasteiger partial charge >= 0.3 is 5.97 Å². The molecule has 2 aliphatic heterocycles. The summed E-state index contributed by atoms with van der Waals surface area (Å²) in [6, 6.07) is 5.96. The number of aliphatic hydroxyl groups is 1. The summed E-state index contributed by atoms with van der Waals surface area (Å²) in [5.74, 6) is 0.567. The molecule has 1 aromatic rings. The van der Waals surface area contributed by atoms with Gasteiger partial charge in [-0.3, -0.25) is 0 Å². The molecular weight excluding hydrogens is 380 g/mol. The summed E-state index contributed by atoms with van der Waals surface area (Å²) in [4.78, 5) is 18.2. The molecule has 2 fully saturated rings. The van der Waals surface area contributed by atoms with Crippen molar-refractivity contribution in [2.45, 2.75) is 38.3 Å². The molecule has 2 aliphatic rings. The maximum Gasteiger partial charge on any atom is 0.334 e. The number of aromatic nitrogens is 1. The van der Waals surface area contributed by atoms with Gasteiger partial charge < -0.3 is 20.1 Å². The van der Waals surface area contributed by atoms with Crippen molar-refractivity contribution in [2.75, 3.05) is 31.1 Å². The average Bonchev–Trinajstić information content (AvgIpc) is 3.17. The minimum Gasteiger partial charge on any atom is -0.462 e. The molecule has 0 bridgehead atoms. The van der Waals surface area contributed by atoms with Gasteiger partial charge in [0.15, 0.2) is 0 Å². The van der Waals surface area contributed by atoms with E-state index in [0.717, 1.165) is 37.3 Å². The number of anilines is 1. The second-order valence-corrected chi connectivity index (χ2v) is 7.71. The van der Waals surface area contributed by atoms with Gasteiger partial charge in [-0.05, 0) is 37.5 Å². The van der Waals surface area contributed by atoms with Gasteiger partial charge in [0.25, 0.3) is 0 Å². The predicted molar refractivity (Wildman–Crippen MR) is 115 cm³/mol. The van der Waals surface area contributed by atoms with Crippen LogP contribution in [-0.2, 0) is 9.53 Å². The molecule has 2 atom stereocenters. The topological polar surface area (TPSA) is 98.5 Å². The largest absolute Gasteiger partial charge is 0.462 e. The summed E-state index contributed by atoms with van der Waals surface area (Å²) in [7, 11) is 0. The van der Waals surface area contributed by atoms with Crippen molar-refractivity contribution < 1.29 is 14.6 Å². The number of hydrogen-bond donors (Lipinski definition) is 2. The molecule has 0 radical (unpaired) electrons. The average molecular weight is 409 g/mol. The molecule has 2 saturated heterocycles. The Morgan fingerprint density at radius 2 is 2.40 bits per heavy atom. The van der Waals surface area contributed by atoms with Crippen LogP contribution in [0.25, 0.3) is 0 Å². The van der Waals surface area contributed by atoms with Crippen molar-refractivity contribution in [3.8, 4) is 6.07 Å². The molecule has 7 heteroatoms. The van der Waals surface area contributed by atoms with Gasteiger partial charge in [-0.1, -0.05) is 24.3 Å². The Morgan fingerprint density at radius 3 is 3.03 bits per heavy atom. The number of piperidine rings is 1. The van der Waals surface area contributed by atoms with E-state index < -0.39 is 6.10 Å². The summed E-state index contributed by atoms with van der Waals surface area (Å²) in [5.41, 5.74) is 2.64. The molecule has 3 heterocycles. The van der Waals surface area contributed by atoms with Gasteiger partial charge in [0.2, 0.25) is 0 Å². The zero-order valence-corrected chi connectivity index (χ0v) is 17.3. The van der Waals surface area contributed by atoms with Crippen molar-refractivity contribution in [3.05, 3.63) is 59.3 Å². The summed E-state index contributed by atoms with van der Waals surface area (Å²) >= 11 is 0. The Hall–Kier alpha value is -2.95. The fraction of sp³-hybridized carbons (Fsp3) is 0.435. The van der Waals surface area contributed by atoms with E-state index in [1.54, 1.807) is 24.4 Å². The SMILES string of the molecule is C=C(C)/C(=C\C=C1/CCOC1=O)[C@@H](O)CNC1CCCN(c2ccc(C#N)cn2)C1. The molecule has 1 aromatic heterocycles. The van der Waals surface area contributed by atoms with E-state index in [-0.39, 0.29) is 12.0 Å². The molecule has 0 amide bonds. The van der Waals surface area contributed by atoms with Crippen molar-refractivity contribution in [2.24, 2.45) is 0 Å². The number of aliphatic hydroxyl groups excluding tert-OH is 1. The van der Waals surface area contributed by atoms with Crippen LogP contribution in [0, 0.1) is 11.3 Å². The fourth-order valence-corrected chi connectivity index (χ4v) is 3.71. The lowest BCUT2D eigenvalue weighted by Crippen LogP contribution is -2.48. The number of allylic oxidation sites excluding steroid dienone is 2. The Bertz CT molecular complexity index is 883. The van der Waals surface area contributed by atoms with E-state index in [1.807, 2.05) is 13.0 Å². The molecule has 0 saturated carbocycles. The molecule has 3 rings (SSSR count). The third kappa shape index (κ3) is 5.56. The number of nitrogens with zero attached hydrogens (tertiary/aromatic N) is 3. The highest BCUT2D eigenvalue weighted by atomic mass is 16.5. The summed E-state index contributed by atoms with van der Waals surface area (Å²) in [6.07, 6.45) is 6.99. The monoisotopic (exact) mass is 408 g/mol. The quantitative estimate of drug-likeness (QED) is 0.406. The zero-order valence-electron chi connectivity index (χ0n) is 17.3. The second kappa shape index (κ2) is 10.2. The van der Waals surface area contributed by atoms with Crippen LogP contribution < -0.4 is 10.2 Å². The number of carbonyl (C=O) groups excluding carboxylic acids is 1. The Balaban J connectivity index is 1.58. The summed E-state index contributed by atoms with van der Waals surface area (Å²) in [5, 5.41) is 23.1. The molecule has 1 unspecified atom stereocenters. The van der Waals surface area contributed by atoms with Gasteiger partial charge in [-0.25, -0.2) is 9.78 Å². The summed E-state index contributed by atoms with van der Waals surface area (Å²) < 4.78 is 4.95. The number of cyclic esters (lactones) is 1.